The first-order valence-corrected chi connectivity index (χ1v) is 22.0. The van der Waals surface area contributed by atoms with Gasteiger partial charge in [0.25, 0.3) is 0 Å². The fraction of sp³-hybridized carbons (Fsp3) is 0.837. The van der Waals surface area contributed by atoms with Crippen molar-refractivity contribution in [3.63, 3.8) is 0 Å². The van der Waals surface area contributed by atoms with Crippen LogP contribution in [0, 0.1) is 52.3 Å². The van der Waals surface area contributed by atoms with Gasteiger partial charge in [-0.15, -0.1) is 12.3 Å². The third-order valence-electron chi connectivity index (χ3n) is 13.8. The summed E-state index contributed by atoms with van der Waals surface area (Å²) in [6.07, 6.45) is 16.5. The van der Waals surface area contributed by atoms with Gasteiger partial charge in [0.05, 0.1) is 22.5 Å². The SMILES string of the molecule is C#CCCC(CC(=O)[C@@H]1C2[C@H](CN1C(=O)[C@@H](CC(=O)CC1(CS(=O)(=O)C(C)(C)C)CCCCC1)C1(C)CCCCC1)C2(C)C)C(=O)C(=O)CCCC. The van der Waals surface area contributed by atoms with E-state index in [-0.39, 0.29) is 79.0 Å². The monoisotopic (exact) mass is 741 g/mol. The second kappa shape index (κ2) is 16.6. The highest BCUT2D eigenvalue weighted by atomic mass is 32.2. The molecule has 8 nitrogen and oxygen atoms in total. The van der Waals surface area contributed by atoms with Crippen LogP contribution in [0.2, 0.25) is 0 Å². The predicted molar refractivity (Wildman–Crippen MR) is 205 cm³/mol. The number of piperidine rings is 1. The third kappa shape index (κ3) is 9.29. The number of amides is 1. The second-order valence-electron chi connectivity index (χ2n) is 19.0. The molecule has 0 radical (unpaired) electrons. The molecule has 52 heavy (non-hydrogen) atoms. The van der Waals surface area contributed by atoms with Gasteiger partial charge >= 0.3 is 0 Å². The van der Waals surface area contributed by atoms with Crippen LogP contribution in [0.3, 0.4) is 0 Å². The predicted octanol–water partition coefficient (Wildman–Crippen LogP) is 7.89. The molecule has 0 aromatic carbocycles. The number of fused-ring (bicyclic) bond motifs is 1. The molecule has 1 saturated heterocycles. The van der Waals surface area contributed by atoms with E-state index in [2.05, 4.69) is 26.7 Å². The van der Waals surface area contributed by atoms with E-state index in [4.69, 9.17) is 6.42 Å². The maximum absolute atomic E-state index is 15.0. The van der Waals surface area contributed by atoms with Gasteiger partial charge in [0.1, 0.15) is 5.78 Å². The normalized spacial score (nSPS) is 26.0. The smallest absolute Gasteiger partial charge is 0.227 e. The van der Waals surface area contributed by atoms with Crippen molar-refractivity contribution in [2.75, 3.05) is 12.3 Å². The molecular formula is C43H67NO7S. The Balaban J connectivity index is 1.62. The van der Waals surface area contributed by atoms with E-state index in [1.54, 1.807) is 25.7 Å². The lowest BCUT2D eigenvalue weighted by molar-refractivity contribution is -0.150. The molecule has 0 N–H and O–H groups in total. The molecule has 292 valence electrons. The Morgan fingerprint density at radius 1 is 0.904 bits per heavy atom. The number of hydrogen-bond acceptors (Lipinski definition) is 7. The lowest BCUT2D eigenvalue weighted by atomic mass is 9.64. The fourth-order valence-corrected chi connectivity index (χ4v) is 11.7. The van der Waals surface area contributed by atoms with E-state index >= 15 is 4.79 Å². The van der Waals surface area contributed by atoms with E-state index in [0.29, 0.717) is 25.8 Å². The van der Waals surface area contributed by atoms with E-state index < -0.39 is 54.9 Å². The summed E-state index contributed by atoms with van der Waals surface area (Å²) in [4.78, 5) is 71.6. The van der Waals surface area contributed by atoms with Gasteiger partial charge in [-0.1, -0.05) is 72.6 Å². The lowest BCUT2D eigenvalue weighted by Crippen LogP contribution is -2.52. The Morgan fingerprint density at radius 3 is 2.06 bits per heavy atom. The van der Waals surface area contributed by atoms with Crippen molar-refractivity contribution in [3.05, 3.63) is 0 Å². The van der Waals surface area contributed by atoms with Gasteiger partial charge in [0.2, 0.25) is 11.7 Å². The molecule has 4 aliphatic rings. The summed E-state index contributed by atoms with van der Waals surface area (Å²) in [7, 11) is -3.47. The summed E-state index contributed by atoms with van der Waals surface area (Å²) in [5.41, 5.74) is -1.19. The van der Waals surface area contributed by atoms with Crippen LogP contribution in [0.4, 0.5) is 0 Å². The van der Waals surface area contributed by atoms with Crippen LogP contribution in [0.5, 0.6) is 0 Å². The molecule has 2 unspecified atom stereocenters. The Labute approximate surface area is 314 Å². The van der Waals surface area contributed by atoms with E-state index in [1.165, 1.54) is 0 Å². The number of Topliss-reactive ketones (excluding diaryl/α,β-unsaturated/α-hetero) is 4. The van der Waals surface area contributed by atoms with E-state index in [0.717, 1.165) is 57.8 Å². The van der Waals surface area contributed by atoms with Crippen molar-refractivity contribution in [1.82, 2.24) is 4.90 Å². The van der Waals surface area contributed by atoms with Crippen molar-refractivity contribution < 1.29 is 32.4 Å². The van der Waals surface area contributed by atoms with Crippen molar-refractivity contribution in [1.29, 1.82) is 0 Å². The Kier molecular flexibility index (Phi) is 13.5. The highest BCUT2D eigenvalue weighted by Crippen LogP contribution is 2.65. The first-order chi connectivity index (χ1) is 24.2. The number of carbonyl (C=O) groups excluding carboxylic acids is 5. The Bertz CT molecular complexity index is 1500. The summed E-state index contributed by atoms with van der Waals surface area (Å²) in [5, 5.41) is 0. The second-order valence-corrected chi connectivity index (χ2v) is 21.8. The minimum atomic E-state index is -3.47. The van der Waals surface area contributed by atoms with Gasteiger partial charge in [-0.05, 0) is 87.4 Å². The molecule has 1 amide bonds. The number of unbranched alkanes of at least 4 members (excludes halogenated alkanes) is 1. The average Bonchev–Trinajstić information content (AvgIpc) is 3.37. The molecule has 1 heterocycles. The largest absolute Gasteiger partial charge is 0.332 e. The number of likely N-dealkylation sites (tertiary alicyclic amines) is 1. The van der Waals surface area contributed by atoms with Gasteiger partial charge in [-0.2, -0.15) is 0 Å². The zero-order chi connectivity index (χ0) is 38.7. The number of terminal acetylenes is 1. The van der Waals surface area contributed by atoms with Crippen LogP contribution >= 0.6 is 0 Å². The Morgan fingerprint density at radius 2 is 1.50 bits per heavy atom. The zero-order valence-corrected chi connectivity index (χ0v) is 34.1. The maximum Gasteiger partial charge on any atom is 0.227 e. The summed E-state index contributed by atoms with van der Waals surface area (Å²) in [5.74, 6) is -0.228. The first-order valence-electron chi connectivity index (χ1n) is 20.3. The molecule has 4 fully saturated rings. The lowest BCUT2D eigenvalue weighted by Gasteiger charge is -2.44. The number of sulfone groups is 1. The number of hydrogen-bond donors (Lipinski definition) is 0. The maximum atomic E-state index is 15.0. The first kappa shape index (κ1) is 42.4. The molecule has 0 bridgehead atoms. The quantitative estimate of drug-likeness (QED) is 0.103. The minimum absolute atomic E-state index is 0.0211. The van der Waals surface area contributed by atoms with Crippen LogP contribution in [-0.4, -0.2) is 65.4 Å². The van der Waals surface area contributed by atoms with Crippen molar-refractivity contribution in [2.45, 2.75) is 175 Å². The molecule has 0 aromatic rings. The van der Waals surface area contributed by atoms with Gasteiger partial charge in [-0.25, -0.2) is 8.42 Å². The van der Waals surface area contributed by atoms with Crippen LogP contribution < -0.4 is 0 Å². The molecule has 3 aliphatic carbocycles. The van der Waals surface area contributed by atoms with Crippen LogP contribution in [-0.2, 0) is 33.8 Å². The van der Waals surface area contributed by atoms with Gasteiger partial charge in [-0.3, -0.25) is 24.0 Å². The highest BCUT2D eigenvalue weighted by Gasteiger charge is 2.69. The van der Waals surface area contributed by atoms with Crippen molar-refractivity contribution >= 4 is 38.9 Å². The molecule has 4 rings (SSSR count). The van der Waals surface area contributed by atoms with Gasteiger partial charge in [0, 0.05) is 44.6 Å². The van der Waals surface area contributed by atoms with E-state index in [1.807, 2.05) is 6.92 Å². The standard InChI is InChI=1S/C43H67NO7S/c1-9-11-19-30(38(48)34(46)20-12-10-2)25-35(47)37-36-33(41(36,6)7)28-44(37)39(49)32(42(8)21-15-13-16-22-42)26-31(45)27-43(23-17-14-18-24-43)29-52(50,51)40(3,4)5/h1,30,32-33,36-37H,10-29H2,2-8H3/t30?,32-,33+,36?,37-/m1/s1. The van der Waals surface area contributed by atoms with Gasteiger partial charge < -0.3 is 4.90 Å². The fourth-order valence-electron chi connectivity index (χ4n) is 10.1. The summed E-state index contributed by atoms with van der Waals surface area (Å²) >= 11 is 0. The topological polar surface area (TPSA) is 123 Å². The summed E-state index contributed by atoms with van der Waals surface area (Å²) in [6, 6.07) is -0.717. The van der Waals surface area contributed by atoms with Crippen LogP contribution in [0.25, 0.3) is 0 Å². The summed E-state index contributed by atoms with van der Waals surface area (Å²) in [6.45, 7) is 13.9. The molecule has 0 aromatic heterocycles. The number of rotatable bonds is 18. The summed E-state index contributed by atoms with van der Waals surface area (Å²) < 4.78 is 26.1. The van der Waals surface area contributed by atoms with Crippen molar-refractivity contribution in [2.24, 2.45) is 39.9 Å². The average molecular weight is 742 g/mol. The third-order valence-corrected chi connectivity index (χ3v) is 16.7. The number of carbonyl (C=O) groups is 5. The van der Waals surface area contributed by atoms with E-state index in [9.17, 15) is 27.6 Å². The molecule has 3 saturated carbocycles. The Hall–Kier alpha value is -2.34. The molecule has 1 aliphatic heterocycles. The minimum Gasteiger partial charge on any atom is -0.332 e. The molecule has 9 heteroatoms. The molecule has 0 spiro atoms. The van der Waals surface area contributed by atoms with Crippen LogP contribution in [0.1, 0.15) is 164 Å². The zero-order valence-electron chi connectivity index (χ0n) is 33.3. The number of nitrogens with zero attached hydrogens (tertiary/aromatic N) is 1. The van der Waals surface area contributed by atoms with Crippen LogP contribution in [0.15, 0.2) is 0 Å². The molecule has 5 atom stereocenters. The van der Waals surface area contributed by atoms with Crippen molar-refractivity contribution in [3.8, 4) is 12.3 Å². The number of ketones is 4. The molecular weight excluding hydrogens is 675 g/mol. The highest BCUT2D eigenvalue weighted by molar-refractivity contribution is 7.92. The van der Waals surface area contributed by atoms with Gasteiger partial charge in [0.15, 0.2) is 21.4 Å².